The van der Waals surface area contributed by atoms with Gasteiger partial charge >= 0.3 is 0 Å². The van der Waals surface area contributed by atoms with Gasteiger partial charge in [0.1, 0.15) is 5.70 Å². The van der Waals surface area contributed by atoms with Crippen molar-refractivity contribution in [2.45, 2.75) is 0 Å². The maximum absolute atomic E-state index is 12.7. The van der Waals surface area contributed by atoms with Crippen LogP contribution in [0.25, 0.3) is 6.08 Å². The Kier molecular flexibility index (Phi) is 7.31. The molecule has 0 heterocycles. The number of benzene rings is 2. The molecule has 0 saturated carbocycles. The van der Waals surface area contributed by atoms with Crippen molar-refractivity contribution >= 4 is 23.6 Å². The molecule has 2 aromatic carbocycles. The zero-order valence-corrected chi connectivity index (χ0v) is 16.4. The van der Waals surface area contributed by atoms with E-state index in [-0.39, 0.29) is 28.4 Å². The van der Waals surface area contributed by atoms with E-state index in [9.17, 15) is 19.7 Å². The van der Waals surface area contributed by atoms with E-state index < -0.39 is 16.7 Å². The highest BCUT2D eigenvalue weighted by Crippen LogP contribution is 2.38. The number of non-ortho nitro benzene ring substituents is 1. The normalized spacial score (nSPS) is 10.7. The van der Waals surface area contributed by atoms with Crippen LogP contribution in [0.2, 0.25) is 0 Å². The van der Waals surface area contributed by atoms with E-state index in [0.29, 0.717) is 11.3 Å². The summed E-state index contributed by atoms with van der Waals surface area (Å²) in [6.45, 7) is 0. The number of nitrogens with zero attached hydrogens (tertiary/aromatic N) is 1. The molecule has 0 aliphatic heterocycles. The monoisotopic (exact) mass is 416 g/mol. The van der Waals surface area contributed by atoms with Gasteiger partial charge in [0.15, 0.2) is 11.5 Å². The first-order chi connectivity index (χ1) is 14.3. The first kappa shape index (κ1) is 22.2. The first-order valence-electron chi connectivity index (χ1n) is 8.43. The second-order valence-corrected chi connectivity index (χ2v) is 5.75. The molecule has 0 aliphatic carbocycles. The summed E-state index contributed by atoms with van der Waals surface area (Å²) in [5, 5.41) is 13.4. The smallest absolute Gasteiger partial charge is 0.281 e. The number of methoxy groups -OCH3 is 3. The van der Waals surface area contributed by atoms with Crippen LogP contribution in [0.5, 0.6) is 17.2 Å². The fraction of sp³-hybridized carbons (Fsp3) is 0.158. The minimum Gasteiger partial charge on any atom is -0.493 e. The van der Waals surface area contributed by atoms with Gasteiger partial charge in [-0.05, 0) is 23.8 Å². The molecule has 11 heteroatoms. The Bertz CT molecular complexity index is 979. The Hall–Kier alpha value is -4.12. The third-order valence-electron chi connectivity index (χ3n) is 3.94. The maximum Gasteiger partial charge on any atom is 0.281 e. The molecule has 0 spiro atoms. The summed E-state index contributed by atoms with van der Waals surface area (Å²) < 4.78 is 15.6. The largest absolute Gasteiger partial charge is 0.493 e. The molecular weight excluding hydrogens is 396 g/mol. The molecule has 158 valence electrons. The summed E-state index contributed by atoms with van der Waals surface area (Å²) in [6, 6.07) is 8.33. The molecule has 11 nitrogen and oxygen atoms in total. The molecule has 2 aromatic rings. The van der Waals surface area contributed by atoms with E-state index in [1.807, 2.05) is 5.43 Å². The highest BCUT2D eigenvalue weighted by atomic mass is 16.6. The number of nitrogens with two attached hydrogens (primary N) is 1. The molecule has 2 amide bonds. The van der Waals surface area contributed by atoms with Crippen molar-refractivity contribution in [1.29, 1.82) is 0 Å². The topological polar surface area (TPSA) is 155 Å². The molecule has 0 unspecified atom stereocenters. The average Bonchev–Trinajstić information content (AvgIpc) is 2.76. The lowest BCUT2D eigenvalue weighted by Crippen LogP contribution is -2.38. The number of nitro groups is 1. The Labute approximate surface area is 171 Å². The second kappa shape index (κ2) is 9.89. The summed E-state index contributed by atoms with van der Waals surface area (Å²) >= 11 is 0. The number of nitro benzene ring substituents is 1. The number of nitrogens with one attached hydrogen (secondary N) is 2. The minimum absolute atomic E-state index is 0.110. The van der Waals surface area contributed by atoms with Crippen LogP contribution in [0, 0.1) is 10.1 Å². The van der Waals surface area contributed by atoms with Crippen LogP contribution in [0.4, 0.5) is 5.69 Å². The van der Waals surface area contributed by atoms with Crippen LogP contribution in [0.15, 0.2) is 42.1 Å². The van der Waals surface area contributed by atoms with Gasteiger partial charge < -0.3 is 19.5 Å². The number of amides is 2. The van der Waals surface area contributed by atoms with Crippen molar-refractivity contribution in [2.24, 2.45) is 5.84 Å². The number of hydrogen-bond acceptors (Lipinski definition) is 8. The molecule has 0 atom stereocenters. The zero-order valence-electron chi connectivity index (χ0n) is 16.4. The van der Waals surface area contributed by atoms with E-state index in [0.717, 1.165) is 0 Å². The lowest BCUT2D eigenvalue weighted by Gasteiger charge is -2.14. The molecule has 0 aliphatic rings. The summed E-state index contributed by atoms with van der Waals surface area (Å²) in [6.07, 6.45) is 1.26. The second-order valence-electron chi connectivity index (χ2n) is 5.75. The molecule has 0 fully saturated rings. The first-order valence-corrected chi connectivity index (χ1v) is 8.43. The number of hydrazine groups is 1. The molecule has 0 radical (unpaired) electrons. The highest BCUT2D eigenvalue weighted by Gasteiger charge is 2.19. The lowest BCUT2D eigenvalue weighted by molar-refractivity contribution is -0.384. The Morgan fingerprint density at radius 3 is 2.20 bits per heavy atom. The fourth-order valence-corrected chi connectivity index (χ4v) is 2.54. The summed E-state index contributed by atoms with van der Waals surface area (Å²) in [4.78, 5) is 35.2. The predicted molar refractivity (Wildman–Crippen MR) is 107 cm³/mol. The van der Waals surface area contributed by atoms with Gasteiger partial charge in [-0.15, -0.1) is 0 Å². The van der Waals surface area contributed by atoms with Crippen molar-refractivity contribution in [3.8, 4) is 17.2 Å². The number of ether oxygens (including phenoxy) is 3. The third kappa shape index (κ3) is 5.02. The van der Waals surface area contributed by atoms with Crippen LogP contribution >= 0.6 is 0 Å². The van der Waals surface area contributed by atoms with Crippen molar-refractivity contribution in [2.75, 3.05) is 21.3 Å². The van der Waals surface area contributed by atoms with Gasteiger partial charge in [0.25, 0.3) is 17.5 Å². The van der Waals surface area contributed by atoms with Crippen molar-refractivity contribution in [1.82, 2.24) is 10.7 Å². The lowest BCUT2D eigenvalue weighted by atomic mass is 10.1. The van der Waals surface area contributed by atoms with E-state index in [2.05, 4.69) is 5.32 Å². The molecule has 0 saturated heterocycles. The predicted octanol–water partition coefficient (Wildman–Crippen LogP) is 1.38. The Morgan fingerprint density at radius 1 is 1.07 bits per heavy atom. The standard InChI is InChI=1S/C19H20N4O7/c1-28-15-9-12(10-16(29-2)17(15)30-3)18(24)21-14(19(25)22-20)8-11-5-4-6-13(7-11)23(26)27/h4-10H,20H2,1-3H3,(H,21,24)(H,22,25)/b14-8-. The fourth-order valence-electron chi connectivity index (χ4n) is 2.54. The van der Waals surface area contributed by atoms with Gasteiger partial charge in [0.2, 0.25) is 5.75 Å². The van der Waals surface area contributed by atoms with Gasteiger partial charge in [0, 0.05) is 17.7 Å². The summed E-state index contributed by atoms with van der Waals surface area (Å²) in [5.74, 6) is 4.50. The van der Waals surface area contributed by atoms with Crippen molar-refractivity contribution in [3.05, 3.63) is 63.3 Å². The van der Waals surface area contributed by atoms with Crippen LogP contribution < -0.4 is 30.8 Å². The van der Waals surface area contributed by atoms with Crippen LogP contribution in [-0.2, 0) is 4.79 Å². The molecular formula is C19H20N4O7. The van der Waals surface area contributed by atoms with Crippen LogP contribution in [0.1, 0.15) is 15.9 Å². The Morgan fingerprint density at radius 2 is 1.70 bits per heavy atom. The maximum atomic E-state index is 12.7. The zero-order chi connectivity index (χ0) is 22.3. The molecule has 0 aromatic heterocycles. The molecule has 30 heavy (non-hydrogen) atoms. The van der Waals surface area contributed by atoms with Gasteiger partial charge in [0.05, 0.1) is 26.3 Å². The number of carbonyl (C=O) groups is 2. The quantitative estimate of drug-likeness (QED) is 0.192. The number of hydrogen-bond donors (Lipinski definition) is 3. The minimum atomic E-state index is -0.803. The van der Waals surface area contributed by atoms with E-state index in [4.69, 9.17) is 20.1 Å². The third-order valence-corrected chi connectivity index (χ3v) is 3.94. The van der Waals surface area contributed by atoms with Gasteiger partial charge in [-0.25, -0.2) is 5.84 Å². The Balaban J connectivity index is 2.42. The van der Waals surface area contributed by atoms with Crippen molar-refractivity contribution < 1.29 is 28.7 Å². The molecule has 0 bridgehead atoms. The number of rotatable bonds is 8. The summed E-state index contributed by atoms with van der Waals surface area (Å²) in [7, 11) is 4.22. The van der Waals surface area contributed by atoms with E-state index in [1.165, 1.54) is 63.8 Å². The van der Waals surface area contributed by atoms with Crippen molar-refractivity contribution in [3.63, 3.8) is 0 Å². The van der Waals surface area contributed by atoms with Gasteiger partial charge in [-0.1, -0.05) is 12.1 Å². The van der Waals surface area contributed by atoms with E-state index >= 15 is 0 Å². The summed E-state index contributed by atoms with van der Waals surface area (Å²) in [5.41, 5.74) is 1.94. The SMILES string of the molecule is COc1cc(C(=O)N/C(=C\c2cccc([N+](=O)[O-])c2)C(=O)NN)cc(OC)c1OC. The van der Waals surface area contributed by atoms with Crippen LogP contribution in [0.3, 0.4) is 0 Å². The average molecular weight is 416 g/mol. The van der Waals surface area contributed by atoms with Crippen LogP contribution in [-0.4, -0.2) is 38.1 Å². The van der Waals surface area contributed by atoms with Gasteiger partial charge in [-0.2, -0.15) is 0 Å². The number of carbonyl (C=O) groups excluding carboxylic acids is 2. The molecule has 2 rings (SSSR count). The highest BCUT2D eigenvalue weighted by molar-refractivity contribution is 6.05. The molecule has 4 N–H and O–H groups in total. The van der Waals surface area contributed by atoms with E-state index in [1.54, 1.807) is 0 Å². The van der Waals surface area contributed by atoms with Gasteiger partial charge in [-0.3, -0.25) is 25.1 Å².